The van der Waals surface area contributed by atoms with Crippen molar-refractivity contribution in [1.82, 2.24) is 4.98 Å². The van der Waals surface area contributed by atoms with Crippen LogP contribution in [0.1, 0.15) is 20.8 Å². The van der Waals surface area contributed by atoms with Crippen molar-refractivity contribution in [3.63, 3.8) is 0 Å². The van der Waals surface area contributed by atoms with Crippen LogP contribution in [-0.2, 0) is 0 Å². The summed E-state index contributed by atoms with van der Waals surface area (Å²) in [6.07, 6.45) is 0. The lowest BCUT2D eigenvalue weighted by Crippen LogP contribution is -2.13. The van der Waals surface area contributed by atoms with Gasteiger partial charge in [-0.25, -0.2) is 4.79 Å². The van der Waals surface area contributed by atoms with E-state index in [4.69, 9.17) is 14.6 Å². The maximum absolute atomic E-state index is 12.4. The Bertz CT molecular complexity index is 928. The summed E-state index contributed by atoms with van der Waals surface area (Å²) in [5.74, 6) is -0.358. The fourth-order valence-electron chi connectivity index (χ4n) is 2.28. The Balaban J connectivity index is 1.89. The molecule has 124 valence electrons. The van der Waals surface area contributed by atoms with Gasteiger partial charge in [-0.05, 0) is 18.2 Å². The molecule has 2 heterocycles. The van der Waals surface area contributed by atoms with Crippen LogP contribution in [0, 0.1) is 0 Å². The minimum absolute atomic E-state index is 0.149. The first kappa shape index (κ1) is 15.9. The third kappa shape index (κ3) is 2.79. The smallest absolute Gasteiger partial charge is 0.338 e. The molecule has 0 spiro atoms. The summed E-state index contributed by atoms with van der Waals surface area (Å²) in [6, 6.07) is 6.65. The van der Waals surface area contributed by atoms with Crippen molar-refractivity contribution in [3.05, 3.63) is 40.9 Å². The number of carbonyl (C=O) groups is 2. The van der Waals surface area contributed by atoms with Crippen LogP contribution < -0.4 is 14.8 Å². The number of nitrogens with one attached hydrogen (secondary N) is 2. The van der Waals surface area contributed by atoms with Gasteiger partial charge < -0.3 is 24.9 Å². The van der Waals surface area contributed by atoms with Crippen LogP contribution in [-0.4, -0.2) is 36.2 Å². The predicted molar refractivity (Wildman–Crippen MR) is 90.6 cm³/mol. The van der Waals surface area contributed by atoms with E-state index < -0.39 is 11.9 Å². The zero-order chi connectivity index (χ0) is 17.3. The molecule has 0 bridgehead atoms. The zero-order valence-electron chi connectivity index (χ0n) is 12.9. The monoisotopic (exact) mass is 346 g/mol. The molecule has 3 rings (SSSR count). The number of hydrogen-bond donors (Lipinski definition) is 3. The molecule has 0 saturated heterocycles. The summed E-state index contributed by atoms with van der Waals surface area (Å²) in [4.78, 5) is 26.4. The molecule has 0 fully saturated rings. The zero-order valence-corrected chi connectivity index (χ0v) is 13.7. The lowest BCUT2D eigenvalue weighted by Gasteiger charge is -2.11. The number of benzene rings is 1. The standard InChI is InChI=1S/C16H14N2O5S/c1-22-8-3-4-10(12(5-8)23-2)18-15(19)11-6-13-14(17-11)9(7-24-13)16(20)21/h3-7,17H,1-2H3,(H,18,19)(H,20,21). The third-order valence-corrected chi connectivity index (χ3v) is 4.42. The number of amides is 1. The van der Waals surface area contributed by atoms with Crippen LogP contribution in [0.5, 0.6) is 11.5 Å². The number of hydrogen-bond acceptors (Lipinski definition) is 5. The minimum Gasteiger partial charge on any atom is -0.497 e. The number of methoxy groups -OCH3 is 2. The molecular formula is C16H14N2O5S. The molecule has 7 nitrogen and oxygen atoms in total. The molecule has 8 heteroatoms. The molecule has 0 unspecified atom stereocenters. The Morgan fingerprint density at radius 2 is 2.00 bits per heavy atom. The van der Waals surface area contributed by atoms with Gasteiger partial charge in [-0.15, -0.1) is 11.3 Å². The van der Waals surface area contributed by atoms with Crippen molar-refractivity contribution in [2.45, 2.75) is 0 Å². The van der Waals surface area contributed by atoms with E-state index in [2.05, 4.69) is 10.3 Å². The minimum atomic E-state index is -1.04. The van der Waals surface area contributed by atoms with Crippen molar-refractivity contribution in [3.8, 4) is 11.5 Å². The summed E-state index contributed by atoms with van der Waals surface area (Å²) in [5.41, 5.74) is 1.35. The molecule has 1 aromatic carbocycles. The number of carbonyl (C=O) groups excluding carboxylic acids is 1. The summed E-state index contributed by atoms with van der Waals surface area (Å²) in [7, 11) is 3.03. The summed E-state index contributed by atoms with van der Waals surface area (Å²) >= 11 is 1.27. The second kappa shape index (κ2) is 6.25. The molecule has 0 aliphatic heterocycles. The number of H-pyrrole nitrogens is 1. The molecule has 0 radical (unpaired) electrons. The van der Waals surface area contributed by atoms with Gasteiger partial charge in [0.05, 0.1) is 35.7 Å². The van der Waals surface area contributed by atoms with Gasteiger partial charge in [0.25, 0.3) is 5.91 Å². The molecule has 1 amide bonds. The Morgan fingerprint density at radius 1 is 1.21 bits per heavy atom. The maximum atomic E-state index is 12.4. The fourth-order valence-corrected chi connectivity index (χ4v) is 3.21. The number of thiophene rings is 1. The molecule has 0 atom stereocenters. The number of aromatic carboxylic acids is 1. The van der Waals surface area contributed by atoms with Gasteiger partial charge >= 0.3 is 5.97 Å². The molecule has 0 aliphatic rings. The van der Waals surface area contributed by atoms with Crippen LogP contribution in [0.4, 0.5) is 5.69 Å². The first-order valence-electron chi connectivity index (χ1n) is 6.90. The van der Waals surface area contributed by atoms with Crippen LogP contribution >= 0.6 is 11.3 Å². The highest BCUT2D eigenvalue weighted by atomic mass is 32.1. The SMILES string of the molecule is COc1ccc(NC(=O)c2cc3scc(C(=O)O)c3[nH]2)c(OC)c1. The Morgan fingerprint density at radius 3 is 2.67 bits per heavy atom. The van der Waals surface area contributed by atoms with Crippen molar-refractivity contribution in [1.29, 1.82) is 0 Å². The summed E-state index contributed by atoms with van der Waals surface area (Å²) < 4.78 is 11.1. The highest BCUT2D eigenvalue weighted by Gasteiger charge is 2.18. The van der Waals surface area contributed by atoms with Gasteiger partial charge in [0.1, 0.15) is 17.2 Å². The van der Waals surface area contributed by atoms with Gasteiger partial charge in [0, 0.05) is 11.4 Å². The molecule has 3 N–H and O–H groups in total. The van der Waals surface area contributed by atoms with E-state index in [0.29, 0.717) is 27.4 Å². The van der Waals surface area contributed by atoms with Crippen LogP contribution in [0.3, 0.4) is 0 Å². The van der Waals surface area contributed by atoms with Gasteiger partial charge in [0.2, 0.25) is 0 Å². The number of rotatable bonds is 5. The van der Waals surface area contributed by atoms with E-state index in [1.165, 1.54) is 23.8 Å². The van der Waals surface area contributed by atoms with E-state index in [1.54, 1.807) is 31.4 Å². The van der Waals surface area contributed by atoms with E-state index in [9.17, 15) is 9.59 Å². The number of aromatic amines is 1. The number of fused-ring (bicyclic) bond motifs is 1. The van der Waals surface area contributed by atoms with E-state index >= 15 is 0 Å². The predicted octanol–water partition coefficient (Wildman–Crippen LogP) is 3.20. The molecule has 0 saturated carbocycles. The highest BCUT2D eigenvalue weighted by molar-refractivity contribution is 7.17. The Kier molecular flexibility index (Phi) is 4.13. The summed E-state index contributed by atoms with van der Waals surface area (Å²) in [5, 5.41) is 13.4. The first-order chi connectivity index (χ1) is 11.5. The number of aromatic nitrogens is 1. The van der Waals surface area contributed by atoms with Crippen molar-refractivity contribution in [2.75, 3.05) is 19.5 Å². The topological polar surface area (TPSA) is 101 Å². The Hall–Kier alpha value is -3.00. The van der Waals surface area contributed by atoms with Crippen LogP contribution in [0.2, 0.25) is 0 Å². The second-order valence-corrected chi connectivity index (χ2v) is 5.81. The van der Waals surface area contributed by atoms with Crippen LogP contribution in [0.15, 0.2) is 29.6 Å². The van der Waals surface area contributed by atoms with E-state index in [1.807, 2.05) is 0 Å². The molecule has 2 aromatic heterocycles. The molecule has 0 aliphatic carbocycles. The van der Waals surface area contributed by atoms with Crippen molar-refractivity contribution in [2.24, 2.45) is 0 Å². The maximum Gasteiger partial charge on any atom is 0.338 e. The van der Waals surface area contributed by atoms with Crippen molar-refractivity contribution < 1.29 is 24.2 Å². The fraction of sp³-hybridized carbons (Fsp3) is 0.125. The number of ether oxygens (including phenoxy) is 2. The lowest BCUT2D eigenvalue weighted by atomic mass is 10.2. The largest absolute Gasteiger partial charge is 0.497 e. The van der Waals surface area contributed by atoms with Gasteiger partial charge in [-0.2, -0.15) is 0 Å². The van der Waals surface area contributed by atoms with Crippen LogP contribution in [0.25, 0.3) is 10.2 Å². The van der Waals surface area contributed by atoms with E-state index in [-0.39, 0.29) is 11.3 Å². The first-order valence-corrected chi connectivity index (χ1v) is 7.78. The second-order valence-electron chi connectivity index (χ2n) is 4.90. The average Bonchev–Trinajstić information content (AvgIpc) is 3.15. The van der Waals surface area contributed by atoms with Gasteiger partial charge in [-0.1, -0.05) is 0 Å². The number of anilines is 1. The number of carboxylic acids is 1. The van der Waals surface area contributed by atoms with Crippen molar-refractivity contribution >= 4 is 39.1 Å². The van der Waals surface area contributed by atoms with Gasteiger partial charge in [0.15, 0.2) is 0 Å². The van der Waals surface area contributed by atoms with Gasteiger partial charge in [-0.3, -0.25) is 4.79 Å². The summed E-state index contributed by atoms with van der Waals surface area (Å²) in [6.45, 7) is 0. The third-order valence-electron chi connectivity index (χ3n) is 3.49. The normalized spacial score (nSPS) is 10.6. The molecular weight excluding hydrogens is 332 g/mol. The average molecular weight is 346 g/mol. The Labute approximate surface area is 140 Å². The lowest BCUT2D eigenvalue weighted by molar-refractivity contribution is 0.0699. The van der Waals surface area contributed by atoms with E-state index in [0.717, 1.165) is 0 Å². The number of carboxylic acid groups (broad SMARTS) is 1. The molecule has 24 heavy (non-hydrogen) atoms. The highest BCUT2D eigenvalue weighted by Crippen LogP contribution is 2.30. The molecule has 3 aromatic rings. The quantitative estimate of drug-likeness (QED) is 0.659.